The highest BCUT2D eigenvalue weighted by Crippen LogP contribution is 2.66. The minimum Gasteiger partial charge on any atom is -0.465 e. The van der Waals surface area contributed by atoms with Crippen molar-refractivity contribution in [3.05, 3.63) is 11.6 Å². The van der Waals surface area contributed by atoms with Crippen LogP contribution in [0.1, 0.15) is 72.6 Å². The predicted octanol–water partition coefficient (Wildman–Crippen LogP) is 4.58. The molecule has 6 heteroatoms. The van der Waals surface area contributed by atoms with Gasteiger partial charge in [0, 0.05) is 18.8 Å². The van der Waals surface area contributed by atoms with E-state index in [1.807, 2.05) is 0 Å². The number of fused-ring (bicyclic) bond motifs is 5. The molecular formula is C25H35FO5. The summed E-state index contributed by atoms with van der Waals surface area (Å²) in [5.74, 6) is 0.459. The van der Waals surface area contributed by atoms with Crippen molar-refractivity contribution in [2.75, 3.05) is 6.61 Å². The summed E-state index contributed by atoms with van der Waals surface area (Å²) in [5.41, 5.74) is 0.326. The molecule has 31 heavy (non-hydrogen) atoms. The number of rotatable bonds is 4. The van der Waals surface area contributed by atoms with Gasteiger partial charge in [-0.15, -0.1) is 0 Å². The highest BCUT2D eigenvalue weighted by atomic mass is 19.1. The lowest BCUT2D eigenvalue weighted by atomic mass is 9.47. The quantitative estimate of drug-likeness (QED) is 0.606. The number of halogens is 1. The molecule has 0 bridgehead atoms. The fourth-order valence-corrected chi connectivity index (χ4v) is 7.61. The Labute approximate surface area is 184 Å². The van der Waals surface area contributed by atoms with Gasteiger partial charge < -0.3 is 9.47 Å². The summed E-state index contributed by atoms with van der Waals surface area (Å²) in [7, 11) is 0. The summed E-state index contributed by atoms with van der Waals surface area (Å²) in [6.45, 7) is 7.87. The van der Waals surface area contributed by atoms with Gasteiger partial charge in [0.2, 0.25) is 0 Å². The summed E-state index contributed by atoms with van der Waals surface area (Å²) < 4.78 is 26.2. The smallest absolute Gasteiger partial charge is 0.309 e. The van der Waals surface area contributed by atoms with Crippen LogP contribution in [0.3, 0.4) is 0 Å². The van der Waals surface area contributed by atoms with E-state index in [1.165, 1.54) is 6.92 Å². The lowest BCUT2D eigenvalue weighted by molar-refractivity contribution is -0.164. The molecule has 3 saturated carbocycles. The fraction of sp³-hybridized carbons (Fsp3) is 0.800. The molecule has 0 heterocycles. The van der Waals surface area contributed by atoms with Crippen LogP contribution in [0, 0.1) is 34.5 Å². The third kappa shape index (κ3) is 3.74. The van der Waals surface area contributed by atoms with Crippen molar-refractivity contribution in [3.63, 3.8) is 0 Å². The Kier molecular flexibility index (Phi) is 5.80. The van der Waals surface area contributed by atoms with E-state index >= 15 is 4.39 Å². The summed E-state index contributed by atoms with van der Waals surface area (Å²) in [4.78, 5) is 35.4. The van der Waals surface area contributed by atoms with Crippen LogP contribution in [-0.2, 0) is 23.9 Å². The van der Waals surface area contributed by atoms with Crippen molar-refractivity contribution in [2.24, 2.45) is 34.5 Å². The highest BCUT2D eigenvalue weighted by Gasteiger charge is 2.63. The lowest BCUT2D eigenvalue weighted by Gasteiger charge is -2.58. The molecule has 8 atom stereocenters. The maximum Gasteiger partial charge on any atom is 0.309 e. The largest absolute Gasteiger partial charge is 0.465 e. The van der Waals surface area contributed by atoms with Crippen molar-refractivity contribution >= 4 is 17.7 Å². The number of carbonyl (C=O) groups is 3. The monoisotopic (exact) mass is 434 g/mol. The second-order valence-electron chi connectivity index (χ2n) is 10.8. The molecule has 4 rings (SSSR count). The molecular weight excluding hydrogens is 399 g/mol. The Morgan fingerprint density at radius 3 is 2.65 bits per heavy atom. The van der Waals surface area contributed by atoms with Crippen molar-refractivity contribution < 1.29 is 28.2 Å². The van der Waals surface area contributed by atoms with Gasteiger partial charge in [-0.25, -0.2) is 4.39 Å². The average Bonchev–Trinajstić information content (AvgIpc) is 2.94. The molecule has 0 unspecified atom stereocenters. The highest BCUT2D eigenvalue weighted by molar-refractivity contribution is 5.91. The Morgan fingerprint density at radius 1 is 1.19 bits per heavy atom. The molecule has 0 aliphatic heterocycles. The van der Waals surface area contributed by atoms with Gasteiger partial charge in [-0.05, 0) is 72.8 Å². The van der Waals surface area contributed by atoms with E-state index < -0.39 is 12.1 Å². The summed E-state index contributed by atoms with van der Waals surface area (Å²) in [5, 5.41) is 0. The SMILES string of the molecule is CC(=O)OCCC(=O)O[C@@H]1[C@H](C)C[C@H]2[C@@H]3C[C@H](F)C4=CC(=O)CC[C@]4(C)[C@H]3CC[C@]12C. The number of hydrogen-bond acceptors (Lipinski definition) is 5. The van der Waals surface area contributed by atoms with Crippen LogP contribution in [0.5, 0.6) is 0 Å². The Balaban J connectivity index is 1.52. The Bertz CT molecular complexity index is 806. The van der Waals surface area contributed by atoms with Crippen molar-refractivity contribution in [2.45, 2.75) is 84.9 Å². The molecule has 0 saturated heterocycles. The third-order valence-electron chi connectivity index (χ3n) is 9.04. The van der Waals surface area contributed by atoms with Gasteiger partial charge in [0.1, 0.15) is 18.9 Å². The van der Waals surface area contributed by atoms with Crippen LogP contribution in [-0.4, -0.2) is 36.6 Å². The van der Waals surface area contributed by atoms with Crippen LogP contribution < -0.4 is 0 Å². The van der Waals surface area contributed by atoms with E-state index in [9.17, 15) is 14.4 Å². The Morgan fingerprint density at radius 2 is 1.94 bits per heavy atom. The van der Waals surface area contributed by atoms with Crippen LogP contribution in [0.25, 0.3) is 0 Å². The molecule has 0 N–H and O–H groups in total. The lowest BCUT2D eigenvalue weighted by Crippen LogP contribution is -2.54. The third-order valence-corrected chi connectivity index (χ3v) is 9.04. The van der Waals surface area contributed by atoms with Crippen LogP contribution in [0.4, 0.5) is 4.39 Å². The molecule has 0 amide bonds. The molecule has 0 spiro atoms. The van der Waals surface area contributed by atoms with Crippen LogP contribution in [0.15, 0.2) is 11.6 Å². The standard InChI is InChI=1S/C25H35FO5/c1-14-11-19-17-13-21(26)20-12-16(28)5-8-24(20,3)18(17)6-9-25(19,4)23(14)31-22(29)7-10-30-15(2)27/h12,14,17-19,21,23H,5-11,13H2,1-4H3/t14-,17-,18+,19+,21+,23-,24-,25+/m1/s1. The van der Waals surface area contributed by atoms with Crippen LogP contribution >= 0.6 is 0 Å². The second-order valence-corrected chi connectivity index (χ2v) is 10.8. The number of hydrogen-bond donors (Lipinski definition) is 0. The van der Waals surface area contributed by atoms with Crippen LogP contribution in [0.2, 0.25) is 0 Å². The van der Waals surface area contributed by atoms with Gasteiger partial charge >= 0.3 is 11.9 Å². The van der Waals surface area contributed by atoms with E-state index in [4.69, 9.17) is 9.47 Å². The summed E-state index contributed by atoms with van der Waals surface area (Å²) >= 11 is 0. The molecule has 4 aliphatic rings. The van der Waals surface area contributed by atoms with Gasteiger partial charge in [0.15, 0.2) is 5.78 Å². The number of ether oxygens (including phenoxy) is 2. The van der Waals surface area contributed by atoms with Gasteiger partial charge in [0.05, 0.1) is 6.42 Å². The number of allylic oxidation sites excluding steroid dienone is 1. The predicted molar refractivity (Wildman–Crippen MR) is 113 cm³/mol. The molecule has 172 valence electrons. The molecule has 5 nitrogen and oxygen atoms in total. The number of ketones is 1. The second kappa shape index (κ2) is 8.00. The molecule has 3 fully saturated rings. The zero-order valence-corrected chi connectivity index (χ0v) is 19.1. The van der Waals surface area contributed by atoms with E-state index in [0.29, 0.717) is 24.7 Å². The van der Waals surface area contributed by atoms with Crippen molar-refractivity contribution in [1.82, 2.24) is 0 Å². The molecule has 4 aliphatic carbocycles. The maximum absolute atomic E-state index is 15.4. The summed E-state index contributed by atoms with van der Waals surface area (Å²) in [6, 6.07) is 0. The van der Waals surface area contributed by atoms with Crippen molar-refractivity contribution in [3.8, 4) is 0 Å². The number of carbonyl (C=O) groups excluding carboxylic acids is 3. The number of alkyl halides is 1. The summed E-state index contributed by atoms with van der Waals surface area (Å²) in [6.07, 6.45) is 4.98. The molecule has 0 radical (unpaired) electrons. The first-order valence-electron chi connectivity index (χ1n) is 11.8. The van der Waals surface area contributed by atoms with Gasteiger partial charge in [-0.3, -0.25) is 14.4 Å². The topological polar surface area (TPSA) is 69.7 Å². The van der Waals surface area contributed by atoms with Gasteiger partial charge in [0.25, 0.3) is 0 Å². The Hall–Kier alpha value is -1.72. The molecule has 0 aromatic carbocycles. The van der Waals surface area contributed by atoms with E-state index in [2.05, 4.69) is 20.8 Å². The minimum absolute atomic E-state index is 0.0375. The fourth-order valence-electron chi connectivity index (χ4n) is 7.61. The zero-order chi connectivity index (χ0) is 22.6. The zero-order valence-electron chi connectivity index (χ0n) is 19.1. The normalized spacial score (nSPS) is 43.9. The van der Waals surface area contributed by atoms with E-state index in [1.54, 1.807) is 6.08 Å². The first-order chi connectivity index (χ1) is 14.6. The average molecular weight is 435 g/mol. The molecule has 0 aromatic rings. The maximum atomic E-state index is 15.4. The van der Waals surface area contributed by atoms with Crippen molar-refractivity contribution in [1.29, 1.82) is 0 Å². The first-order valence-corrected chi connectivity index (χ1v) is 11.8. The van der Waals surface area contributed by atoms with E-state index in [-0.39, 0.29) is 53.6 Å². The molecule has 0 aromatic heterocycles. The van der Waals surface area contributed by atoms with Gasteiger partial charge in [-0.1, -0.05) is 20.8 Å². The van der Waals surface area contributed by atoms with Gasteiger partial charge in [-0.2, -0.15) is 0 Å². The van der Waals surface area contributed by atoms with E-state index in [0.717, 1.165) is 31.3 Å². The minimum atomic E-state index is -1.06. The first kappa shape index (κ1) is 22.5. The number of esters is 2.